The number of amides is 4. The van der Waals surface area contributed by atoms with Gasteiger partial charge in [0.25, 0.3) is 0 Å². The van der Waals surface area contributed by atoms with Gasteiger partial charge in [-0.1, -0.05) is 68.8 Å². The Morgan fingerprint density at radius 2 is 1.61 bits per heavy atom. The fourth-order valence-electron chi connectivity index (χ4n) is 10.2. The number of thiophene rings is 2. The molecule has 1 saturated carbocycles. The smallest absolute Gasteiger partial charge is 0.246 e. The van der Waals surface area contributed by atoms with Crippen molar-refractivity contribution in [2.24, 2.45) is 10.4 Å². The van der Waals surface area contributed by atoms with E-state index in [9.17, 15) is 24.3 Å². The standard InChI is InChI=1S/C56H63ClFN9O5S2/c1-29-19-20-73-50(29)37-12-10-35(11-13-37)31(3)59-53(71)45-26-43(68)28-66(45)54(72)51(56(6,7)8)63-46(69)18-9-34-21-39(58)23-40(22-34)60-41-24-42(25-41)61-47(70)27-44-52-65-64-33(5)67(52)55-48(30(2)32(4)74-55)49(62-44)36-14-16-38(57)17-15-36/h10-17,19-23,31,41-45,51,60,68H,9,18,24-28H2,1-8H3,(H,59,71)(H,61,70)(H,63,69)/t31-,41-,42+,43+,44-,45-,51+/m0/s1. The van der Waals surface area contributed by atoms with Crippen LogP contribution in [0.5, 0.6) is 0 Å². The number of anilines is 1. The summed E-state index contributed by atoms with van der Waals surface area (Å²) in [4.78, 5) is 64.4. The quantitative estimate of drug-likeness (QED) is 0.0674. The third kappa shape index (κ3) is 11.4. The summed E-state index contributed by atoms with van der Waals surface area (Å²) in [5, 5.41) is 35.9. The van der Waals surface area contributed by atoms with Crippen LogP contribution in [0.2, 0.25) is 5.02 Å². The Bertz CT molecular complexity index is 3120. The number of β-amino-alcohol motifs (C(OH)–C–C–N with tert-alkyl or cyclic N) is 1. The molecule has 0 spiro atoms. The largest absolute Gasteiger partial charge is 0.391 e. The molecule has 14 nitrogen and oxygen atoms in total. The van der Waals surface area contributed by atoms with Crippen molar-refractivity contribution in [1.29, 1.82) is 0 Å². The van der Waals surface area contributed by atoms with Crippen LogP contribution >= 0.6 is 34.3 Å². The van der Waals surface area contributed by atoms with Gasteiger partial charge in [0, 0.05) is 63.1 Å². The Balaban J connectivity index is 0.779. The topological polar surface area (TPSA) is 183 Å². The number of carbonyl (C=O) groups is 4. The molecule has 3 aromatic heterocycles. The number of carbonyl (C=O) groups excluding carboxylic acids is 4. The number of aliphatic imine (C=N–C) groups is 1. The molecule has 9 rings (SSSR count). The van der Waals surface area contributed by atoms with E-state index in [1.807, 2.05) is 93.8 Å². The van der Waals surface area contributed by atoms with E-state index in [1.165, 1.54) is 27.5 Å². The maximum atomic E-state index is 15.1. The van der Waals surface area contributed by atoms with Gasteiger partial charge in [-0.05, 0) is 129 Å². The number of likely N-dealkylation sites (tertiary alicyclic amines) is 1. The summed E-state index contributed by atoms with van der Waals surface area (Å²) < 4.78 is 17.1. The molecule has 74 heavy (non-hydrogen) atoms. The molecule has 3 aliphatic rings. The van der Waals surface area contributed by atoms with Gasteiger partial charge in [-0.25, -0.2) is 4.39 Å². The molecule has 1 saturated heterocycles. The Labute approximate surface area is 444 Å². The molecular formula is C56H63ClFN9O5S2. The van der Waals surface area contributed by atoms with Crippen LogP contribution in [0.4, 0.5) is 10.1 Å². The van der Waals surface area contributed by atoms with Crippen molar-refractivity contribution in [1.82, 2.24) is 35.6 Å². The van der Waals surface area contributed by atoms with E-state index < -0.39 is 47.3 Å². The van der Waals surface area contributed by atoms with Crippen LogP contribution in [0.3, 0.4) is 0 Å². The number of nitrogens with zero attached hydrogens (tertiary/aromatic N) is 5. The fourth-order valence-corrected chi connectivity index (χ4v) is 12.4. The molecule has 1 aliphatic carbocycles. The molecule has 18 heteroatoms. The molecule has 5 N–H and O–H groups in total. The molecule has 2 fully saturated rings. The highest BCUT2D eigenvalue weighted by molar-refractivity contribution is 7.15. The van der Waals surface area contributed by atoms with Crippen LogP contribution in [0.25, 0.3) is 15.4 Å². The number of rotatable bonds is 15. The number of nitrogens with one attached hydrogen (secondary N) is 4. The number of fused-ring (bicyclic) bond motifs is 3. The zero-order chi connectivity index (χ0) is 52.7. The van der Waals surface area contributed by atoms with Gasteiger partial charge in [0.05, 0.1) is 24.3 Å². The number of hydrogen-bond acceptors (Lipinski definition) is 11. The molecule has 2 aliphatic heterocycles. The molecule has 0 bridgehead atoms. The van der Waals surface area contributed by atoms with Crippen molar-refractivity contribution in [3.63, 3.8) is 0 Å². The first-order chi connectivity index (χ1) is 35.2. The van der Waals surface area contributed by atoms with Crippen molar-refractivity contribution in [3.05, 3.63) is 139 Å². The van der Waals surface area contributed by atoms with Gasteiger partial charge in [-0.2, -0.15) is 0 Å². The first-order valence-electron chi connectivity index (χ1n) is 25.1. The van der Waals surface area contributed by atoms with E-state index in [1.54, 1.807) is 22.7 Å². The second-order valence-electron chi connectivity index (χ2n) is 21.1. The molecule has 388 valence electrons. The van der Waals surface area contributed by atoms with Gasteiger partial charge >= 0.3 is 0 Å². The van der Waals surface area contributed by atoms with Gasteiger partial charge < -0.3 is 31.3 Å². The van der Waals surface area contributed by atoms with Crippen LogP contribution in [0, 0.1) is 38.9 Å². The zero-order valence-corrected chi connectivity index (χ0v) is 45.3. The van der Waals surface area contributed by atoms with Gasteiger partial charge in [-0.3, -0.25) is 28.7 Å². The third-order valence-corrected chi connectivity index (χ3v) is 16.9. The average molecular weight is 1060 g/mol. The molecule has 6 aromatic rings. The lowest BCUT2D eigenvalue weighted by atomic mass is 9.85. The first kappa shape index (κ1) is 52.6. The maximum absolute atomic E-state index is 15.1. The summed E-state index contributed by atoms with van der Waals surface area (Å²) in [6, 6.07) is 19.3. The van der Waals surface area contributed by atoms with E-state index >= 15 is 4.39 Å². The van der Waals surface area contributed by atoms with Gasteiger partial charge in [0.1, 0.15) is 34.8 Å². The number of hydrogen-bond donors (Lipinski definition) is 5. The van der Waals surface area contributed by atoms with Crippen molar-refractivity contribution in [2.45, 2.75) is 136 Å². The molecule has 5 atom stereocenters. The second kappa shape index (κ2) is 21.5. The van der Waals surface area contributed by atoms with Crippen molar-refractivity contribution in [2.75, 3.05) is 11.9 Å². The monoisotopic (exact) mass is 1060 g/mol. The van der Waals surface area contributed by atoms with Crippen LogP contribution in [-0.2, 0) is 25.6 Å². The zero-order valence-electron chi connectivity index (χ0n) is 42.9. The van der Waals surface area contributed by atoms with Gasteiger partial charge in [-0.15, -0.1) is 32.9 Å². The summed E-state index contributed by atoms with van der Waals surface area (Å²) in [7, 11) is 0. The first-order valence-corrected chi connectivity index (χ1v) is 27.2. The number of aliphatic hydroxyl groups is 1. The van der Waals surface area contributed by atoms with Crippen molar-refractivity contribution in [3.8, 4) is 15.4 Å². The summed E-state index contributed by atoms with van der Waals surface area (Å²) in [6.07, 6.45) is 0.653. The lowest BCUT2D eigenvalue weighted by Gasteiger charge is -2.37. The minimum Gasteiger partial charge on any atom is -0.391 e. The molecule has 0 unspecified atom stereocenters. The van der Waals surface area contributed by atoms with E-state index in [2.05, 4.69) is 63.7 Å². The Kier molecular flexibility index (Phi) is 15.3. The van der Waals surface area contributed by atoms with Crippen molar-refractivity contribution >= 4 is 69.3 Å². The molecule has 3 aromatic carbocycles. The Morgan fingerprint density at radius 3 is 2.30 bits per heavy atom. The molecular weight excluding hydrogens is 997 g/mol. The summed E-state index contributed by atoms with van der Waals surface area (Å²) in [5.74, 6) is -0.557. The summed E-state index contributed by atoms with van der Waals surface area (Å²) in [6.45, 7) is 15.5. The number of benzene rings is 3. The number of aryl methyl sites for hydroxylation is 4. The third-order valence-electron chi connectivity index (χ3n) is 14.4. The predicted octanol–water partition coefficient (Wildman–Crippen LogP) is 9.43. The molecule has 5 heterocycles. The fraction of sp³-hybridized carbons (Fsp3) is 0.411. The highest BCUT2D eigenvalue weighted by atomic mass is 35.5. The van der Waals surface area contributed by atoms with Crippen LogP contribution in [-0.4, -0.2) is 90.9 Å². The van der Waals surface area contributed by atoms with E-state index in [0.29, 0.717) is 40.8 Å². The highest BCUT2D eigenvalue weighted by Gasteiger charge is 2.45. The predicted molar refractivity (Wildman–Crippen MR) is 290 cm³/mol. The molecule has 0 radical (unpaired) electrons. The lowest BCUT2D eigenvalue weighted by Crippen LogP contribution is -2.57. The highest BCUT2D eigenvalue weighted by Crippen LogP contribution is 2.40. The second-order valence-corrected chi connectivity index (χ2v) is 23.6. The van der Waals surface area contributed by atoms with E-state index in [-0.39, 0.29) is 62.2 Å². The number of halogens is 2. The molecule has 4 amide bonds. The SMILES string of the molecule is Cc1ccsc1-c1ccc([C@H](C)NC(=O)[C@@H]2C[C@@H](O)CN2C(=O)[C@@H](NC(=O)CCc2cc(F)cc(N[C@H]3C[C@@H](NC(=O)C[C@@H]4N=C(c5ccc(Cl)cc5)c5c(sc(C)c5C)-n5c(C)nnc54)C3)c2)C(C)(C)C)cc1. The normalized spacial score (nSPS) is 20.1. The van der Waals surface area contributed by atoms with Gasteiger partial charge in [0.2, 0.25) is 23.6 Å². The Morgan fingerprint density at radius 1 is 0.892 bits per heavy atom. The Hall–Kier alpha value is -6.27. The number of aliphatic hydroxyl groups excluding tert-OH is 1. The lowest BCUT2D eigenvalue weighted by molar-refractivity contribution is -0.144. The number of aromatic nitrogens is 3. The van der Waals surface area contributed by atoms with Crippen molar-refractivity contribution < 1.29 is 28.7 Å². The average Bonchev–Trinajstić information content (AvgIpc) is 4.11. The van der Waals surface area contributed by atoms with Gasteiger partial charge in [0.15, 0.2) is 5.82 Å². The summed E-state index contributed by atoms with van der Waals surface area (Å²) >= 11 is 9.60. The van der Waals surface area contributed by atoms with Crippen LogP contribution in [0.1, 0.15) is 122 Å². The minimum atomic E-state index is -1.00. The summed E-state index contributed by atoms with van der Waals surface area (Å²) in [5.41, 5.74) is 7.38. The maximum Gasteiger partial charge on any atom is 0.246 e. The van der Waals surface area contributed by atoms with Crippen LogP contribution in [0.15, 0.2) is 83.2 Å². The van der Waals surface area contributed by atoms with E-state index in [0.717, 1.165) is 43.4 Å². The van der Waals surface area contributed by atoms with Crippen LogP contribution < -0.4 is 21.3 Å². The minimum absolute atomic E-state index is 0.0230. The van der Waals surface area contributed by atoms with E-state index in [4.69, 9.17) is 16.6 Å².